The SMILES string of the molecule is C.C.CC(C)c1ccc(C(C)C)c([S-])c1[S-].[Sn+2]. The molecule has 1 aromatic rings. The summed E-state index contributed by atoms with van der Waals surface area (Å²) in [6.45, 7) is 8.59. The van der Waals surface area contributed by atoms with Crippen LogP contribution in [0.3, 0.4) is 0 Å². The Labute approximate surface area is 136 Å². The molecule has 0 bridgehead atoms. The maximum absolute atomic E-state index is 5.37. The zero-order valence-corrected chi connectivity index (χ0v) is 14.1. The Hall–Kier alpha value is 0.459. The van der Waals surface area contributed by atoms with Crippen molar-refractivity contribution in [3.63, 3.8) is 0 Å². The van der Waals surface area contributed by atoms with E-state index in [0.717, 1.165) is 9.79 Å². The van der Waals surface area contributed by atoms with Crippen LogP contribution in [0, 0.1) is 0 Å². The number of rotatable bonds is 2. The first-order chi connectivity index (χ1) is 6.45. The van der Waals surface area contributed by atoms with Crippen molar-refractivity contribution in [2.75, 3.05) is 0 Å². The third-order valence-electron chi connectivity index (χ3n) is 2.42. The maximum Gasteiger partial charge on any atom is 2.00 e. The molecule has 1 rings (SSSR count). The predicted octanol–water partition coefficient (Wildman–Crippen LogP) is 4.64. The van der Waals surface area contributed by atoms with Gasteiger partial charge in [0.15, 0.2) is 0 Å². The standard InChI is InChI=1S/C12H18S2.2CH4.Sn/c1-7(2)9-5-6-10(8(3)4)12(14)11(9)13;;;/h5-8,13-14H,1-4H3;2*1H4;/q;;;+2/p-2. The molecule has 0 spiro atoms. The summed E-state index contributed by atoms with van der Waals surface area (Å²) in [6.07, 6.45) is 0. The van der Waals surface area contributed by atoms with Gasteiger partial charge in [0.05, 0.1) is 0 Å². The fraction of sp³-hybridized carbons (Fsp3) is 0.571. The van der Waals surface area contributed by atoms with Crippen molar-refractivity contribution < 1.29 is 0 Å². The summed E-state index contributed by atoms with van der Waals surface area (Å²) in [7, 11) is 0. The summed E-state index contributed by atoms with van der Waals surface area (Å²) in [4.78, 5) is 1.75. The average Bonchev–Trinajstić information content (AvgIpc) is 2.08. The molecule has 0 heterocycles. The third-order valence-corrected chi connectivity index (χ3v) is 3.43. The number of benzene rings is 1. The van der Waals surface area contributed by atoms with Crippen LogP contribution in [0.25, 0.3) is 0 Å². The van der Waals surface area contributed by atoms with Gasteiger partial charge in [0, 0.05) is 0 Å². The topological polar surface area (TPSA) is 0 Å². The molecule has 0 nitrogen and oxygen atoms in total. The van der Waals surface area contributed by atoms with E-state index in [1.54, 1.807) is 0 Å². The molecular formula is C14H24S2Sn. The fourth-order valence-electron chi connectivity index (χ4n) is 1.50. The molecule has 0 aliphatic carbocycles. The van der Waals surface area contributed by atoms with Crippen LogP contribution in [-0.2, 0) is 25.3 Å². The molecule has 17 heavy (non-hydrogen) atoms. The van der Waals surface area contributed by atoms with E-state index in [4.69, 9.17) is 25.3 Å². The van der Waals surface area contributed by atoms with Crippen molar-refractivity contribution in [1.29, 1.82) is 0 Å². The van der Waals surface area contributed by atoms with Crippen LogP contribution in [0.15, 0.2) is 21.9 Å². The molecule has 0 aliphatic heterocycles. The Kier molecular flexibility index (Phi) is 12.5. The molecule has 0 saturated carbocycles. The first kappa shape index (κ1) is 22.6. The van der Waals surface area contributed by atoms with Crippen LogP contribution in [-0.4, -0.2) is 23.9 Å². The molecule has 0 aromatic heterocycles. The quantitative estimate of drug-likeness (QED) is 0.546. The minimum absolute atomic E-state index is 0. The smallest absolute Gasteiger partial charge is 0.781 e. The van der Waals surface area contributed by atoms with E-state index in [9.17, 15) is 0 Å². The largest absolute Gasteiger partial charge is 2.00 e. The van der Waals surface area contributed by atoms with E-state index in [0.29, 0.717) is 11.8 Å². The van der Waals surface area contributed by atoms with E-state index in [1.807, 2.05) is 0 Å². The Morgan fingerprint density at radius 1 is 0.765 bits per heavy atom. The molecule has 0 fully saturated rings. The van der Waals surface area contributed by atoms with Gasteiger partial charge in [-0.05, 0) is 11.8 Å². The summed E-state index contributed by atoms with van der Waals surface area (Å²) < 4.78 is 0. The summed E-state index contributed by atoms with van der Waals surface area (Å²) >= 11 is 10.7. The van der Waals surface area contributed by atoms with Gasteiger partial charge >= 0.3 is 23.9 Å². The van der Waals surface area contributed by atoms with Crippen molar-refractivity contribution in [2.45, 2.75) is 64.2 Å². The molecule has 0 amide bonds. The number of hydrogen-bond acceptors (Lipinski definition) is 2. The summed E-state index contributed by atoms with van der Waals surface area (Å²) in [5.74, 6) is 0.927. The minimum Gasteiger partial charge on any atom is -0.781 e. The van der Waals surface area contributed by atoms with Crippen molar-refractivity contribution >= 4 is 49.2 Å². The van der Waals surface area contributed by atoms with Crippen molar-refractivity contribution in [3.05, 3.63) is 23.3 Å². The van der Waals surface area contributed by atoms with E-state index in [-0.39, 0.29) is 38.8 Å². The van der Waals surface area contributed by atoms with Gasteiger partial charge in [0.2, 0.25) is 0 Å². The van der Waals surface area contributed by atoms with Gasteiger partial charge in [-0.1, -0.05) is 65.8 Å². The number of hydrogen-bond donors (Lipinski definition) is 0. The molecule has 0 aliphatic rings. The van der Waals surface area contributed by atoms with Crippen molar-refractivity contribution in [1.82, 2.24) is 0 Å². The first-order valence-corrected chi connectivity index (χ1v) is 5.77. The summed E-state index contributed by atoms with van der Waals surface area (Å²) in [5, 5.41) is 0. The van der Waals surface area contributed by atoms with Crippen molar-refractivity contribution in [2.24, 2.45) is 0 Å². The van der Waals surface area contributed by atoms with E-state index in [2.05, 4.69) is 39.8 Å². The van der Waals surface area contributed by atoms with Crippen LogP contribution >= 0.6 is 0 Å². The Morgan fingerprint density at radius 2 is 1.00 bits per heavy atom. The van der Waals surface area contributed by atoms with Crippen LogP contribution in [0.1, 0.15) is 65.5 Å². The van der Waals surface area contributed by atoms with Crippen LogP contribution in [0.2, 0.25) is 0 Å². The van der Waals surface area contributed by atoms with Gasteiger partial charge in [-0.2, -0.15) is 9.79 Å². The molecule has 3 heteroatoms. The van der Waals surface area contributed by atoms with Gasteiger partial charge in [-0.15, -0.1) is 0 Å². The molecule has 0 atom stereocenters. The van der Waals surface area contributed by atoms with Gasteiger partial charge in [0.1, 0.15) is 0 Å². The molecule has 96 valence electrons. The van der Waals surface area contributed by atoms with E-state index >= 15 is 0 Å². The molecular weight excluding hydrogens is 351 g/mol. The van der Waals surface area contributed by atoms with Gasteiger partial charge in [-0.25, -0.2) is 0 Å². The van der Waals surface area contributed by atoms with Gasteiger partial charge < -0.3 is 25.3 Å². The Bertz CT molecular complexity index is 300. The minimum atomic E-state index is 0. The van der Waals surface area contributed by atoms with Crippen molar-refractivity contribution in [3.8, 4) is 0 Å². The van der Waals surface area contributed by atoms with Gasteiger partial charge in [0.25, 0.3) is 0 Å². The van der Waals surface area contributed by atoms with Gasteiger partial charge in [-0.3, -0.25) is 0 Å². The Balaban J connectivity index is -0.000000653. The fourth-order valence-corrected chi connectivity index (χ4v) is 2.35. The second-order valence-corrected chi connectivity index (χ2v) is 5.03. The van der Waals surface area contributed by atoms with Crippen LogP contribution < -0.4 is 0 Å². The third kappa shape index (κ3) is 5.31. The van der Waals surface area contributed by atoms with Crippen LogP contribution in [0.5, 0.6) is 0 Å². The van der Waals surface area contributed by atoms with E-state index < -0.39 is 0 Å². The predicted molar refractivity (Wildman–Crippen MR) is 85.1 cm³/mol. The molecule has 0 N–H and O–H groups in total. The second kappa shape index (κ2) is 9.40. The zero-order chi connectivity index (χ0) is 10.9. The Morgan fingerprint density at radius 3 is 1.18 bits per heavy atom. The summed E-state index contributed by atoms with van der Waals surface area (Å²) in [6, 6.07) is 4.25. The van der Waals surface area contributed by atoms with Crippen LogP contribution in [0.4, 0.5) is 0 Å². The maximum atomic E-state index is 5.37. The molecule has 2 radical (unpaired) electrons. The second-order valence-electron chi connectivity index (χ2n) is 4.21. The molecule has 0 unspecified atom stereocenters. The molecule has 0 saturated heterocycles. The molecule has 1 aromatic carbocycles. The summed E-state index contributed by atoms with van der Waals surface area (Å²) in [5.41, 5.74) is 2.41. The zero-order valence-electron chi connectivity index (χ0n) is 9.63. The average molecular weight is 375 g/mol. The van der Waals surface area contributed by atoms with E-state index in [1.165, 1.54) is 11.1 Å². The normalized spacial score (nSPS) is 9.29. The first-order valence-electron chi connectivity index (χ1n) is 4.96. The monoisotopic (exact) mass is 376 g/mol.